The van der Waals surface area contributed by atoms with Crippen LogP contribution in [-0.4, -0.2) is 30.1 Å². The van der Waals surface area contributed by atoms with Crippen LogP contribution in [0.5, 0.6) is 0 Å². The maximum atomic E-state index is 12.3. The second-order valence-corrected chi connectivity index (χ2v) is 5.55. The predicted octanol–water partition coefficient (Wildman–Crippen LogP) is 3.37. The topological polar surface area (TPSA) is 70.2 Å². The van der Waals surface area contributed by atoms with Crippen LogP contribution >= 0.6 is 0 Å². The fourth-order valence-electron chi connectivity index (χ4n) is 2.30. The van der Waals surface area contributed by atoms with Gasteiger partial charge >= 0.3 is 6.03 Å². The van der Waals surface area contributed by atoms with Gasteiger partial charge in [-0.05, 0) is 31.9 Å². The predicted molar refractivity (Wildman–Crippen MR) is 94.3 cm³/mol. The van der Waals surface area contributed by atoms with Crippen molar-refractivity contribution in [3.05, 3.63) is 41.2 Å². The molecule has 122 valence electrons. The summed E-state index contributed by atoms with van der Waals surface area (Å²) in [5, 5.41) is 5.74. The fraction of sp³-hybridized carbons (Fsp3) is 0.353. The van der Waals surface area contributed by atoms with Crippen LogP contribution in [0, 0.1) is 13.8 Å². The number of benzene rings is 1. The summed E-state index contributed by atoms with van der Waals surface area (Å²) < 4.78 is 0. The van der Waals surface area contributed by atoms with Crippen molar-refractivity contribution in [1.82, 2.24) is 9.97 Å². The molecule has 6 nitrogen and oxygen atoms in total. The minimum absolute atomic E-state index is 0.293. The highest BCUT2D eigenvalue weighted by atomic mass is 16.2. The van der Waals surface area contributed by atoms with E-state index < -0.39 is 0 Å². The molecule has 2 aromatic rings. The van der Waals surface area contributed by atoms with Gasteiger partial charge in [0, 0.05) is 19.8 Å². The van der Waals surface area contributed by atoms with Gasteiger partial charge in [-0.2, -0.15) is 0 Å². The molecular formula is C17H23N5O. The Morgan fingerprint density at radius 1 is 1.09 bits per heavy atom. The van der Waals surface area contributed by atoms with Crippen LogP contribution in [0.1, 0.15) is 23.9 Å². The molecule has 0 spiro atoms. The number of aryl methyl sites for hydroxylation is 3. The van der Waals surface area contributed by atoms with Gasteiger partial charge < -0.3 is 15.5 Å². The first-order valence-corrected chi connectivity index (χ1v) is 7.60. The van der Waals surface area contributed by atoms with E-state index >= 15 is 0 Å². The van der Waals surface area contributed by atoms with Gasteiger partial charge in [-0.3, -0.25) is 0 Å². The molecule has 0 atom stereocenters. The molecule has 2 rings (SSSR count). The number of hydrogen-bond acceptors (Lipinski definition) is 4. The zero-order valence-corrected chi connectivity index (χ0v) is 14.3. The van der Waals surface area contributed by atoms with Crippen molar-refractivity contribution in [3.63, 3.8) is 0 Å². The lowest BCUT2D eigenvalue weighted by molar-refractivity contribution is 0.262. The Hall–Kier alpha value is -2.63. The van der Waals surface area contributed by atoms with E-state index in [-0.39, 0.29) is 6.03 Å². The van der Waals surface area contributed by atoms with Crippen molar-refractivity contribution in [3.8, 4) is 0 Å². The Morgan fingerprint density at radius 2 is 1.70 bits per heavy atom. The van der Waals surface area contributed by atoms with E-state index in [2.05, 4.69) is 27.5 Å². The number of hydrogen-bond donors (Lipinski definition) is 2. The largest absolute Gasteiger partial charge is 0.347 e. The molecule has 0 saturated heterocycles. The standard InChI is InChI=1S/C17H23N5O/c1-6-13-9-7-8-10-14(13)20-17(23)21-15-11(2)18-16(22(4)5)19-12(15)3/h7-10H,6H2,1-5H3,(H2,20,21,23). The Labute approximate surface area is 137 Å². The van der Waals surface area contributed by atoms with Gasteiger partial charge in [0.2, 0.25) is 5.95 Å². The Bertz CT molecular complexity index is 689. The summed E-state index contributed by atoms with van der Waals surface area (Å²) in [6.45, 7) is 5.77. The minimum atomic E-state index is -0.293. The van der Waals surface area contributed by atoms with Crippen LogP contribution < -0.4 is 15.5 Å². The number of anilines is 3. The molecule has 0 aliphatic heterocycles. The third kappa shape index (κ3) is 3.97. The molecule has 2 N–H and O–H groups in total. The highest BCUT2D eigenvalue weighted by Crippen LogP contribution is 2.21. The van der Waals surface area contributed by atoms with E-state index in [0.29, 0.717) is 11.6 Å². The smallest absolute Gasteiger partial charge is 0.323 e. The lowest BCUT2D eigenvalue weighted by atomic mass is 10.1. The quantitative estimate of drug-likeness (QED) is 0.908. The van der Waals surface area contributed by atoms with Crippen molar-refractivity contribution in [1.29, 1.82) is 0 Å². The average Bonchev–Trinajstić information content (AvgIpc) is 2.51. The Kier molecular flexibility index (Phi) is 5.16. The van der Waals surface area contributed by atoms with Crippen LogP contribution in [0.2, 0.25) is 0 Å². The molecule has 0 bridgehead atoms. The zero-order chi connectivity index (χ0) is 17.0. The highest BCUT2D eigenvalue weighted by molar-refractivity contribution is 6.00. The molecule has 23 heavy (non-hydrogen) atoms. The molecule has 0 aliphatic rings. The number of carbonyl (C=O) groups excluding carboxylic acids is 1. The first-order valence-electron chi connectivity index (χ1n) is 7.60. The number of para-hydroxylation sites is 1. The summed E-state index contributed by atoms with van der Waals surface area (Å²) in [4.78, 5) is 22.9. The van der Waals surface area contributed by atoms with Gasteiger partial charge in [-0.15, -0.1) is 0 Å². The molecule has 0 unspecified atom stereocenters. The van der Waals surface area contributed by atoms with Gasteiger partial charge in [0.1, 0.15) is 0 Å². The van der Waals surface area contributed by atoms with Crippen molar-refractivity contribution in [2.24, 2.45) is 0 Å². The van der Waals surface area contributed by atoms with E-state index in [4.69, 9.17) is 0 Å². The molecule has 0 saturated carbocycles. The second-order valence-electron chi connectivity index (χ2n) is 5.55. The minimum Gasteiger partial charge on any atom is -0.347 e. The van der Waals surface area contributed by atoms with Crippen LogP contribution in [0.15, 0.2) is 24.3 Å². The number of nitrogens with zero attached hydrogens (tertiary/aromatic N) is 3. The molecule has 6 heteroatoms. The number of aromatic nitrogens is 2. The van der Waals surface area contributed by atoms with Gasteiger partial charge in [0.05, 0.1) is 17.1 Å². The number of urea groups is 1. The molecule has 1 aromatic heterocycles. The molecule has 0 radical (unpaired) electrons. The SMILES string of the molecule is CCc1ccccc1NC(=O)Nc1c(C)nc(N(C)C)nc1C. The van der Waals surface area contributed by atoms with Crippen molar-refractivity contribution in [2.75, 3.05) is 29.6 Å². The normalized spacial score (nSPS) is 10.3. The molecular weight excluding hydrogens is 290 g/mol. The van der Waals surface area contributed by atoms with Crippen LogP contribution in [0.25, 0.3) is 0 Å². The maximum Gasteiger partial charge on any atom is 0.323 e. The fourth-order valence-corrected chi connectivity index (χ4v) is 2.30. The lowest BCUT2D eigenvalue weighted by Gasteiger charge is -2.16. The van der Waals surface area contributed by atoms with Gasteiger partial charge in [-0.25, -0.2) is 14.8 Å². The summed E-state index contributed by atoms with van der Waals surface area (Å²) in [5.41, 5.74) is 4.02. The Morgan fingerprint density at radius 3 is 2.26 bits per heavy atom. The van der Waals surface area contributed by atoms with Gasteiger partial charge in [0.25, 0.3) is 0 Å². The lowest BCUT2D eigenvalue weighted by Crippen LogP contribution is -2.23. The van der Waals surface area contributed by atoms with E-state index in [1.165, 1.54) is 0 Å². The zero-order valence-electron chi connectivity index (χ0n) is 14.3. The maximum absolute atomic E-state index is 12.3. The van der Waals surface area contributed by atoms with E-state index in [1.54, 1.807) is 0 Å². The van der Waals surface area contributed by atoms with E-state index in [9.17, 15) is 4.79 Å². The second kappa shape index (κ2) is 7.09. The molecule has 0 fully saturated rings. The summed E-state index contributed by atoms with van der Waals surface area (Å²) in [7, 11) is 3.77. The first kappa shape index (κ1) is 16.7. The number of nitrogens with one attached hydrogen (secondary N) is 2. The summed E-state index contributed by atoms with van der Waals surface area (Å²) in [6.07, 6.45) is 0.856. The summed E-state index contributed by atoms with van der Waals surface area (Å²) in [6, 6.07) is 7.47. The third-order valence-corrected chi connectivity index (χ3v) is 3.54. The van der Waals surface area contributed by atoms with Crippen LogP contribution in [-0.2, 0) is 6.42 Å². The number of amides is 2. The monoisotopic (exact) mass is 313 g/mol. The number of carbonyl (C=O) groups is 1. The van der Waals surface area contributed by atoms with Crippen molar-refractivity contribution < 1.29 is 4.79 Å². The highest BCUT2D eigenvalue weighted by Gasteiger charge is 2.13. The first-order chi connectivity index (χ1) is 10.9. The van der Waals surface area contributed by atoms with Gasteiger partial charge in [-0.1, -0.05) is 25.1 Å². The average molecular weight is 313 g/mol. The third-order valence-electron chi connectivity index (χ3n) is 3.54. The van der Waals surface area contributed by atoms with Crippen LogP contribution in [0.3, 0.4) is 0 Å². The van der Waals surface area contributed by atoms with Crippen molar-refractivity contribution >= 4 is 23.4 Å². The van der Waals surface area contributed by atoms with E-state index in [1.807, 2.05) is 57.1 Å². The summed E-state index contributed by atoms with van der Waals surface area (Å²) >= 11 is 0. The molecule has 0 aliphatic carbocycles. The molecule has 1 aromatic carbocycles. The van der Waals surface area contributed by atoms with Crippen LogP contribution in [0.4, 0.5) is 22.1 Å². The van der Waals surface area contributed by atoms with E-state index in [0.717, 1.165) is 29.1 Å². The molecule has 1 heterocycles. The summed E-state index contributed by atoms with van der Waals surface area (Å²) in [5.74, 6) is 0.627. The Balaban J connectivity index is 2.17. The van der Waals surface area contributed by atoms with Crippen molar-refractivity contribution in [2.45, 2.75) is 27.2 Å². The number of rotatable bonds is 4. The molecule has 2 amide bonds. The van der Waals surface area contributed by atoms with Gasteiger partial charge in [0.15, 0.2) is 0 Å².